The summed E-state index contributed by atoms with van der Waals surface area (Å²) in [7, 11) is 0. The number of carbonyl (C=O) groups is 1. The molecule has 1 unspecified atom stereocenters. The van der Waals surface area contributed by atoms with Gasteiger partial charge in [0, 0.05) is 6.20 Å². The summed E-state index contributed by atoms with van der Waals surface area (Å²) in [6.45, 7) is 0. The third-order valence-corrected chi connectivity index (χ3v) is 2.69. The lowest BCUT2D eigenvalue weighted by Gasteiger charge is -2.15. The van der Waals surface area contributed by atoms with Crippen LogP contribution in [0.4, 0.5) is 0 Å². The number of hydrogen-bond acceptors (Lipinski definition) is 3. The minimum atomic E-state index is -0.405. The van der Waals surface area contributed by atoms with Crippen molar-refractivity contribution in [2.45, 2.75) is 31.4 Å². The Morgan fingerprint density at radius 3 is 2.93 bits per heavy atom. The minimum absolute atomic E-state index is 0.112. The molecule has 1 saturated carbocycles. The summed E-state index contributed by atoms with van der Waals surface area (Å²) in [6, 6.07) is 5.09. The molecule has 1 heterocycles. The van der Waals surface area contributed by atoms with Crippen LogP contribution in [0.2, 0.25) is 0 Å². The highest BCUT2D eigenvalue weighted by Crippen LogP contribution is 2.18. The van der Waals surface area contributed by atoms with E-state index in [1.54, 1.807) is 24.4 Å². The highest BCUT2D eigenvalue weighted by Gasteiger charge is 2.26. The standard InChI is InChI=1S/C11H14N2O2/c14-10-6-3-5-8(10)13-11(15)9-4-1-2-7-12-9/h1-2,4,7-8,10,14H,3,5-6H2,(H,13,15)/t8?,10-/m0/s1. The fourth-order valence-corrected chi connectivity index (χ4v) is 1.85. The van der Waals surface area contributed by atoms with E-state index in [1.165, 1.54) is 0 Å². The fraction of sp³-hybridized carbons (Fsp3) is 0.455. The monoisotopic (exact) mass is 206 g/mol. The van der Waals surface area contributed by atoms with Crippen molar-refractivity contribution in [3.8, 4) is 0 Å². The molecule has 0 radical (unpaired) electrons. The molecule has 80 valence electrons. The van der Waals surface area contributed by atoms with Crippen LogP contribution in [0.1, 0.15) is 29.8 Å². The van der Waals surface area contributed by atoms with Gasteiger partial charge in [0.2, 0.25) is 0 Å². The molecule has 2 atom stereocenters. The quantitative estimate of drug-likeness (QED) is 0.749. The van der Waals surface area contributed by atoms with Gasteiger partial charge in [-0.05, 0) is 31.4 Å². The summed E-state index contributed by atoms with van der Waals surface area (Å²) in [4.78, 5) is 15.6. The summed E-state index contributed by atoms with van der Waals surface area (Å²) in [6.07, 6.45) is 3.76. The van der Waals surface area contributed by atoms with Gasteiger partial charge in [0.15, 0.2) is 0 Å². The van der Waals surface area contributed by atoms with E-state index in [-0.39, 0.29) is 11.9 Å². The third kappa shape index (κ3) is 2.33. The lowest BCUT2D eigenvalue weighted by Crippen LogP contribution is -2.40. The second-order valence-corrected chi connectivity index (χ2v) is 3.79. The molecule has 1 aliphatic carbocycles. The summed E-state index contributed by atoms with van der Waals surface area (Å²) in [5, 5.41) is 12.3. The topological polar surface area (TPSA) is 62.2 Å². The number of rotatable bonds is 2. The molecule has 4 heteroatoms. The van der Waals surface area contributed by atoms with Crippen molar-refractivity contribution in [1.82, 2.24) is 10.3 Å². The molecule has 1 aliphatic rings. The third-order valence-electron chi connectivity index (χ3n) is 2.69. The van der Waals surface area contributed by atoms with E-state index in [4.69, 9.17) is 0 Å². The zero-order valence-corrected chi connectivity index (χ0v) is 8.39. The predicted molar refractivity (Wildman–Crippen MR) is 55.3 cm³/mol. The van der Waals surface area contributed by atoms with Crippen molar-refractivity contribution in [3.05, 3.63) is 30.1 Å². The van der Waals surface area contributed by atoms with Crippen molar-refractivity contribution in [3.63, 3.8) is 0 Å². The van der Waals surface area contributed by atoms with Crippen LogP contribution in [0.5, 0.6) is 0 Å². The van der Waals surface area contributed by atoms with Gasteiger partial charge in [-0.3, -0.25) is 9.78 Å². The van der Waals surface area contributed by atoms with Crippen LogP contribution in [-0.2, 0) is 0 Å². The summed E-state index contributed by atoms with van der Waals surface area (Å²) in [5.74, 6) is -0.207. The van der Waals surface area contributed by atoms with Gasteiger partial charge in [-0.2, -0.15) is 0 Å². The first kappa shape index (κ1) is 10.1. The number of nitrogens with one attached hydrogen (secondary N) is 1. The van der Waals surface area contributed by atoms with Crippen molar-refractivity contribution in [2.24, 2.45) is 0 Å². The molecule has 1 aromatic heterocycles. The second-order valence-electron chi connectivity index (χ2n) is 3.79. The molecule has 2 rings (SSSR count). The number of hydrogen-bond donors (Lipinski definition) is 2. The van der Waals surface area contributed by atoms with E-state index in [0.29, 0.717) is 5.69 Å². The normalized spacial score (nSPS) is 25.1. The Morgan fingerprint density at radius 2 is 2.33 bits per heavy atom. The molecule has 1 fully saturated rings. The van der Waals surface area contributed by atoms with Crippen molar-refractivity contribution < 1.29 is 9.90 Å². The van der Waals surface area contributed by atoms with E-state index in [0.717, 1.165) is 19.3 Å². The maximum Gasteiger partial charge on any atom is 0.270 e. The van der Waals surface area contributed by atoms with E-state index in [1.807, 2.05) is 0 Å². The van der Waals surface area contributed by atoms with Crippen LogP contribution < -0.4 is 5.32 Å². The molecule has 0 bridgehead atoms. The van der Waals surface area contributed by atoms with Crippen LogP contribution in [-0.4, -0.2) is 28.1 Å². The Morgan fingerprint density at radius 1 is 1.47 bits per heavy atom. The zero-order valence-electron chi connectivity index (χ0n) is 8.39. The van der Waals surface area contributed by atoms with E-state index >= 15 is 0 Å². The smallest absolute Gasteiger partial charge is 0.270 e. The van der Waals surface area contributed by atoms with Crippen molar-refractivity contribution in [1.29, 1.82) is 0 Å². The van der Waals surface area contributed by atoms with Crippen LogP contribution in [0.3, 0.4) is 0 Å². The number of amides is 1. The maximum absolute atomic E-state index is 11.7. The fourth-order valence-electron chi connectivity index (χ4n) is 1.85. The molecule has 15 heavy (non-hydrogen) atoms. The van der Waals surface area contributed by atoms with Crippen molar-refractivity contribution >= 4 is 5.91 Å². The molecular weight excluding hydrogens is 192 g/mol. The molecule has 0 saturated heterocycles. The van der Waals surface area contributed by atoms with Crippen LogP contribution >= 0.6 is 0 Å². The molecule has 2 N–H and O–H groups in total. The van der Waals surface area contributed by atoms with E-state index < -0.39 is 6.10 Å². The van der Waals surface area contributed by atoms with Gasteiger partial charge >= 0.3 is 0 Å². The number of pyridine rings is 1. The Kier molecular flexibility index (Phi) is 2.97. The highest BCUT2D eigenvalue weighted by molar-refractivity contribution is 5.92. The Labute approximate surface area is 88.3 Å². The summed E-state index contributed by atoms with van der Waals surface area (Å²) >= 11 is 0. The minimum Gasteiger partial charge on any atom is -0.391 e. The lowest BCUT2D eigenvalue weighted by atomic mass is 10.2. The maximum atomic E-state index is 11.7. The molecule has 0 spiro atoms. The molecule has 1 aromatic rings. The molecular formula is C11H14N2O2. The first-order chi connectivity index (χ1) is 7.27. The number of aromatic nitrogens is 1. The van der Waals surface area contributed by atoms with Gasteiger partial charge in [-0.15, -0.1) is 0 Å². The van der Waals surface area contributed by atoms with Crippen LogP contribution in [0.25, 0.3) is 0 Å². The number of carbonyl (C=O) groups excluding carboxylic acids is 1. The molecule has 0 aliphatic heterocycles. The largest absolute Gasteiger partial charge is 0.391 e. The Hall–Kier alpha value is -1.42. The lowest BCUT2D eigenvalue weighted by molar-refractivity contribution is 0.0868. The average molecular weight is 206 g/mol. The molecule has 1 amide bonds. The van der Waals surface area contributed by atoms with E-state index in [9.17, 15) is 9.90 Å². The number of aliphatic hydroxyl groups excluding tert-OH is 1. The average Bonchev–Trinajstić information content (AvgIpc) is 2.66. The van der Waals surface area contributed by atoms with Gasteiger partial charge in [0.05, 0.1) is 12.1 Å². The predicted octanol–water partition coefficient (Wildman–Crippen LogP) is 0.725. The Balaban J connectivity index is 1.98. The number of nitrogens with zero attached hydrogens (tertiary/aromatic N) is 1. The van der Waals surface area contributed by atoms with Crippen LogP contribution in [0.15, 0.2) is 24.4 Å². The van der Waals surface area contributed by atoms with Gasteiger partial charge < -0.3 is 10.4 Å². The van der Waals surface area contributed by atoms with Crippen LogP contribution in [0, 0.1) is 0 Å². The SMILES string of the molecule is O=C(NC1CCC[C@@H]1O)c1ccccn1. The van der Waals surface area contributed by atoms with Gasteiger partial charge in [0.1, 0.15) is 5.69 Å². The van der Waals surface area contributed by atoms with Crippen molar-refractivity contribution in [2.75, 3.05) is 0 Å². The molecule has 4 nitrogen and oxygen atoms in total. The molecule has 0 aromatic carbocycles. The summed E-state index contributed by atoms with van der Waals surface area (Å²) < 4.78 is 0. The van der Waals surface area contributed by atoms with Gasteiger partial charge in [-0.25, -0.2) is 0 Å². The van der Waals surface area contributed by atoms with Gasteiger partial charge in [-0.1, -0.05) is 6.07 Å². The Bertz CT molecular complexity index is 340. The first-order valence-corrected chi connectivity index (χ1v) is 5.17. The highest BCUT2D eigenvalue weighted by atomic mass is 16.3. The van der Waals surface area contributed by atoms with E-state index in [2.05, 4.69) is 10.3 Å². The second kappa shape index (κ2) is 4.40. The summed E-state index contributed by atoms with van der Waals surface area (Å²) in [5.41, 5.74) is 0.400. The zero-order chi connectivity index (χ0) is 10.7. The van der Waals surface area contributed by atoms with Gasteiger partial charge in [0.25, 0.3) is 5.91 Å². The first-order valence-electron chi connectivity index (χ1n) is 5.17. The number of aliphatic hydroxyl groups is 1.